The van der Waals surface area contributed by atoms with Crippen molar-refractivity contribution < 1.29 is 4.42 Å². The second-order valence-corrected chi connectivity index (χ2v) is 9.27. The Bertz CT molecular complexity index is 1230. The van der Waals surface area contributed by atoms with Crippen LogP contribution in [0.1, 0.15) is 12.0 Å². The van der Waals surface area contributed by atoms with Crippen LogP contribution in [0, 0.1) is 5.92 Å². The molecule has 4 aromatic rings. The number of likely N-dealkylation sites (tertiary alicyclic amines) is 1. The van der Waals surface area contributed by atoms with Crippen molar-refractivity contribution in [2.75, 3.05) is 24.5 Å². The molecule has 0 spiro atoms. The largest absolute Gasteiger partial charge is 0.417 e. The van der Waals surface area contributed by atoms with Crippen LogP contribution in [0.3, 0.4) is 0 Å². The molecule has 0 amide bonds. The van der Waals surface area contributed by atoms with Crippen molar-refractivity contribution in [2.24, 2.45) is 5.92 Å². The predicted molar refractivity (Wildman–Crippen MR) is 124 cm³/mol. The first kappa shape index (κ1) is 19.0. The van der Waals surface area contributed by atoms with E-state index in [1.54, 1.807) is 6.33 Å². The number of nitrogens with zero attached hydrogens (tertiary/aromatic N) is 5. The van der Waals surface area contributed by atoms with Gasteiger partial charge in [-0.05, 0) is 42.6 Å². The lowest BCUT2D eigenvalue weighted by Crippen LogP contribution is -2.35. The zero-order valence-electron chi connectivity index (χ0n) is 17.0. The first-order valence-electron chi connectivity index (χ1n) is 10.6. The van der Waals surface area contributed by atoms with Crippen LogP contribution in [0.5, 0.6) is 0 Å². The highest BCUT2D eigenvalue weighted by Crippen LogP contribution is 2.37. The van der Waals surface area contributed by atoms with Gasteiger partial charge in [0.2, 0.25) is 5.89 Å². The van der Waals surface area contributed by atoms with Crippen LogP contribution in [0.25, 0.3) is 22.7 Å². The van der Waals surface area contributed by atoms with E-state index in [1.165, 1.54) is 12.0 Å². The molecule has 6 rings (SSSR count). The molecule has 2 saturated heterocycles. The second-order valence-electron chi connectivity index (χ2n) is 8.36. The fraction of sp³-hybridized carbons (Fsp3) is 0.292. The Kier molecular flexibility index (Phi) is 4.73. The van der Waals surface area contributed by atoms with E-state index >= 15 is 0 Å². The van der Waals surface area contributed by atoms with E-state index in [1.807, 2.05) is 24.3 Å². The number of fused-ring (bicyclic) bond motifs is 2. The van der Waals surface area contributed by atoms with E-state index in [0.717, 1.165) is 47.5 Å². The number of hydrogen-bond acceptors (Lipinski definition) is 6. The fourth-order valence-electron chi connectivity index (χ4n) is 4.95. The highest BCUT2D eigenvalue weighted by Gasteiger charge is 2.42. The summed E-state index contributed by atoms with van der Waals surface area (Å²) in [6.07, 6.45) is 2.81. The Balaban J connectivity index is 1.27. The molecular formula is C24H22BrN5O. The number of hydrogen-bond donors (Lipinski definition) is 0. The monoisotopic (exact) mass is 475 g/mol. The third kappa shape index (κ3) is 3.51. The Hall–Kier alpha value is -2.77. The third-order valence-electron chi connectivity index (χ3n) is 6.44. The Labute approximate surface area is 189 Å². The van der Waals surface area contributed by atoms with Gasteiger partial charge in [0.05, 0.1) is 0 Å². The van der Waals surface area contributed by atoms with Crippen LogP contribution in [0.4, 0.5) is 5.82 Å². The van der Waals surface area contributed by atoms with E-state index in [4.69, 9.17) is 9.40 Å². The van der Waals surface area contributed by atoms with Crippen LogP contribution >= 0.6 is 15.9 Å². The number of benzene rings is 2. The smallest absolute Gasteiger partial charge is 0.252 e. The molecule has 2 aromatic heterocycles. The average molecular weight is 476 g/mol. The van der Waals surface area contributed by atoms with Gasteiger partial charge in [-0.2, -0.15) is 4.98 Å². The molecule has 0 saturated carbocycles. The van der Waals surface area contributed by atoms with E-state index in [9.17, 15) is 0 Å². The van der Waals surface area contributed by atoms with Crippen molar-refractivity contribution in [3.05, 3.63) is 71.0 Å². The van der Waals surface area contributed by atoms with E-state index in [0.29, 0.717) is 23.6 Å². The van der Waals surface area contributed by atoms with E-state index in [-0.39, 0.29) is 0 Å². The van der Waals surface area contributed by atoms with Crippen LogP contribution in [0.15, 0.2) is 69.8 Å². The maximum atomic E-state index is 5.98. The summed E-state index contributed by atoms with van der Waals surface area (Å²) >= 11 is 3.52. The standard InChI is InChI=1S/C24H22BrN5O/c25-19-8-4-7-17(11-19)23-28-21-22(26-15-27-24(21)31-23)30-13-18-9-10-29(20(18)14-30)12-16-5-2-1-3-6-16/h1-8,11,15,18,20H,9-10,12-14H2. The molecule has 156 valence electrons. The molecular weight excluding hydrogens is 454 g/mol. The van der Waals surface area contributed by atoms with Crippen LogP contribution < -0.4 is 4.90 Å². The molecule has 4 heterocycles. The van der Waals surface area contributed by atoms with Gasteiger partial charge in [-0.15, -0.1) is 0 Å². The topological polar surface area (TPSA) is 58.3 Å². The van der Waals surface area contributed by atoms with E-state index in [2.05, 4.69) is 66.0 Å². The summed E-state index contributed by atoms with van der Waals surface area (Å²) in [5.74, 6) is 2.11. The summed E-state index contributed by atoms with van der Waals surface area (Å²) in [5.41, 5.74) is 3.58. The van der Waals surface area contributed by atoms with Gasteiger partial charge < -0.3 is 9.32 Å². The zero-order valence-corrected chi connectivity index (χ0v) is 18.6. The Morgan fingerprint density at radius 3 is 2.81 bits per heavy atom. The minimum atomic E-state index is 0.540. The number of rotatable bonds is 4. The summed E-state index contributed by atoms with van der Waals surface area (Å²) in [4.78, 5) is 18.7. The normalized spacial score (nSPS) is 21.1. The minimum Gasteiger partial charge on any atom is -0.417 e. The van der Waals surface area contributed by atoms with Gasteiger partial charge in [0.1, 0.15) is 6.33 Å². The average Bonchev–Trinajstić information content (AvgIpc) is 3.49. The van der Waals surface area contributed by atoms with Gasteiger partial charge in [-0.25, -0.2) is 9.97 Å². The van der Waals surface area contributed by atoms with Crippen molar-refractivity contribution in [1.29, 1.82) is 0 Å². The summed E-state index contributed by atoms with van der Waals surface area (Å²) in [6.45, 7) is 4.13. The molecule has 2 aromatic carbocycles. The maximum Gasteiger partial charge on any atom is 0.252 e. The molecule has 2 atom stereocenters. The molecule has 2 unspecified atom stereocenters. The van der Waals surface area contributed by atoms with Gasteiger partial charge in [0.15, 0.2) is 11.3 Å². The highest BCUT2D eigenvalue weighted by atomic mass is 79.9. The fourth-order valence-corrected chi connectivity index (χ4v) is 5.35. The van der Waals surface area contributed by atoms with Crippen molar-refractivity contribution in [3.8, 4) is 11.5 Å². The van der Waals surface area contributed by atoms with Gasteiger partial charge in [0.25, 0.3) is 5.71 Å². The highest BCUT2D eigenvalue weighted by molar-refractivity contribution is 9.10. The minimum absolute atomic E-state index is 0.540. The molecule has 6 nitrogen and oxygen atoms in total. The van der Waals surface area contributed by atoms with Gasteiger partial charge in [0, 0.05) is 35.7 Å². The number of aromatic nitrogens is 3. The van der Waals surface area contributed by atoms with Gasteiger partial charge in [-0.3, -0.25) is 4.90 Å². The van der Waals surface area contributed by atoms with Crippen molar-refractivity contribution >= 4 is 33.0 Å². The van der Waals surface area contributed by atoms with Crippen LogP contribution in [-0.4, -0.2) is 45.5 Å². The van der Waals surface area contributed by atoms with Crippen molar-refractivity contribution in [3.63, 3.8) is 0 Å². The van der Waals surface area contributed by atoms with Crippen molar-refractivity contribution in [1.82, 2.24) is 19.9 Å². The quantitative estimate of drug-likeness (QED) is 0.424. The summed E-state index contributed by atoms with van der Waals surface area (Å²) in [6, 6.07) is 19.2. The molecule has 2 aliphatic heterocycles. The molecule has 7 heteroatoms. The van der Waals surface area contributed by atoms with Gasteiger partial charge >= 0.3 is 0 Å². The Morgan fingerprint density at radius 2 is 1.94 bits per heavy atom. The first-order valence-corrected chi connectivity index (χ1v) is 11.4. The molecule has 0 bridgehead atoms. The molecule has 31 heavy (non-hydrogen) atoms. The van der Waals surface area contributed by atoms with Gasteiger partial charge in [-0.1, -0.05) is 52.3 Å². The lowest BCUT2D eigenvalue weighted by atomic mass is 10.0. The summed E-state index contributed by atoms with van der Waals surface area (Å²) in [7, 11) is 0. The Morgan fingerprint density at radius 1 is 1.03 bits per heavy atom. The van der Waals surface area contributed by atoms with Crippen molar-refractivity contribution in [2.45, 2.75) is 19.0 Å². The molecule has 2 fully saturated rings. The second kappa shape index (κ2) is 7.73. The summed E-state index contributed by atoms with van der Waals surface area (Å²) in [5, 5.41) is 0. The number of anilines is 1. The molecule has 0 aliphatic carbocycles. The molecule has 2 aliphatic rings. The number of halogens is 1. The zero-order chi connectivity index (χ0) is 20.8. The van der Waals surface area contributed by atoms with E-state index < -0.39 is 0 Å². The predicted octanol–water partition coefficient (Wildman–Crippen LogP) is 4.76. The first-order chi connectivity index (χ1) is 15.2. The molecule has 0 N–H and O–H groups in total. The van der Waals surface area contributed by atoms with Crippen LogP contribution in [0.2, 0.25) is 0 Å². The lowest BCUT2D eigenvalue weighted by Gasteiger charge is -2.25. The van der Waals surface area contributed by atoms with Crippen LogP contribution in [-0.2, 0) is 6.54 Å². The maximum absolute atomic E-state index is 5.98. The molecule has 0 radical (unpaired) electrons. The third-order valence-corrected chi connectivity index (χ3v) is 6.93. The lowest BCUT2D eigenvalue weighted by molar-refractivity contribution is 0.246. The SMILES string of the molecule is Brc1cccc(-c2nc3c(N4CC5CCN(Cc6ccccc6)C5C4)ncnc3o2)c1. The number of oxazole rings is 1. The summed E-state index contributed by atoms with van der Waals surface area (Å²) < 4.78 is 6.97.